The van der Waals surface area contributed by atoms with Gasteiger partial charge in [0.15, 0.2) is 6.61 Å². The van der Waals surface area contributed by atoms with Gasteiger partial charge in [0.2, 0.25) is 0 Å². The van der Waals surface area contributed by atoms with E-state index < -0.39 is 6.09 Å². The molecule has 0 bridgehead atoms. The zero-order chi connectivity index (χ0) is 20.6. The van der Waals surface area contributed by atoms with E-state index in [1.165, 1.54) is 4.90 Å². The molecule has 0 aromatic heterocycles. The van der Waals surface area contributed by atoms with Crippen molar-refractivity contribution in [2.75, 3.05) is 23.9 Å². The molecule has 0 radical (unpaired) electrons. The van der Waals surface area contributed by atoms with Crippen LogP contribution in [0.2, 0.25) is 0 Å². The van der Waals surface area contributed by atoms with Gasteiger partial charge in [0, 0.05) is 18.4 Å². The Morgan fingerprint density at radius 1 is 0.862 bits per heavy atom. The second kappa shape index (κ2) is 9.41. The number of aryl methyl sites for hydroxylation is 1. The maximum atomic E-state index is 12.2. The quantitative estimate of drug-likeness (QED) is 0.665. The van der Waals surface area contributed by atoms with Crippen molar-refractivity contribution in [2.24, 2.45) is 0 Å². The number of carbonyl (C=O) groups excluding carboxylic acids is 2. The van der Waals surface area contributed by atoms with Crippen LogP contribution >= 0.6 is 0 Å². The predicted molar refractivity (Wildman–Crippen MR) is 113 cm³/mol. The van der Waals surface area contributed by atoms with E-state index in [9.17, 15) is 9.59 Å². The zero-order valence-corrected chi connectivity index (χ0v) is 16.3. The molecule has 3 rings (SSSR count). The summed E-state index contributed by atoms with van der Waals surface area (Å²) in [7, 11) is 1.62. The summed E-state index contributed by atoms with van der Waals surface area (Å²) in [4.78, 5) is 25.6. The lowest BCUT2D eigenvalue weighted by atomic mass is 10.2. The van der Waals surface area contributed by atoms with Crippen LogP contribution in [0.1, 0.15) is 5.56 Å². The second-order valence-electron chi connectivity index (χ2n) is 6.44. The van der Waals surface area contributed by atoms with E-state index in [1.807, 2.05) is 37.3 Å². The molecule has 6 heteroatoms. The lowest BCUT2D eigenvalue weighted by Gasteiger charge is -2.17. The highest BCUT2D eigenvalue weighted by Gasteiger charge is 2.13. The van der Waals surface area contributed by atoms with Crippen LogP contribution in [0.15, 0.2) is 78.9 Å². The molecule has 0 saturated carbocycles. The topological polar surface area (TPSA) is 67.9 Å². The molecule has 0 unspecified atom stereocenters. The summed E-state index contributed by atoms with van der Waals surface area (Å²) in [5.74, 6) is 0.753. The minimum atomic E-state index is -0.498. The SMILES string of the molecule is Cc1ccc(NC(=O)COc2ccc(N(C)C(=O)Oc3ccccc3)cc2)cc1. The number of rotatable bonds is 6. The minimum absolute atomic E-state index is 0.112. The Hall–Kier alpha value is -3.80. The number of anilines is 2. The van der Waals surface area contributed by atoms with Gasteiger partial charge in [0.1, 0.15) is 11.5 Å². The fourth-order valence-corrected chi connectivity index (χ4v) is 2.51. The van der Waals surface area contributed by atoms with Gasteiger partial charge in [-0.25, -0.2) is 4.79 Å². The average molecular weight is 390 g/mol. The lowest BCUT2D eigenvalue weighted by molar-refractivity contribution is -0.118. The number of nitrogens with one attached hydrogen (secondary N) is 1. The van der Waals surface area contributed by atoms with Gasteiger partial charge in [-0.2, -0.15) is 0 Å². The minimum Gasteiger partial charge on any atom is -0.484 e. The maximum Gasteiger partial charge on any atom is 0.419 e. The molecule has 148 valence electrons. The van der Waals surface area contributed by atoms with Crippen LogP contribution < -0.4 is 19.7 Å². The van der Waals surface area contributed by atoms with Crippen molar-refractivity contribution in [2.45, 2.75) is 6.92 Å². The van der Waals surface area contributed by atoms with E-state index in [2.05, 4.69) is 5.32 Å². The molecule has 2 amide bonds. The molecule has 3 aromatic rings. The van der Waals surface area contributed by atoms with Crippen LogP contribution in [0.5, 0.6) is 11.5 Å². The Balaban J connectivity index is 1.50. The zero-order valence-electron chi connectivity index (χ0n) is 16.3. The summed E-state index contributed by atoms with van der Waals surface area (Å²) in [5, 5.41) is 2.77. The van der Waals surface area contributed by atoms with Gasteiger partial charge in [-0.1, -0.05) is 35.9 Å². The monoisotopic (exact) mass is 390 g/mol. The van der Waals surface area contributed by atoms with Crippen molar-refractivity contribution in [3.05, 3.63) is 84.4 Å². The third kappa shape index (κ3) is 5.84. The number of nitrogens with zero attached hydrogens (tertiary/aromatic N) is 1. The van der Waals surface area contributed by atoms with E-state index >= 15 is 0 Å². The highest BCUT2D eigenvalue weighted by atomic mass is 16.6. The third-order valence-corrected chi connectivity index (χ3v) is 4.15. The van der Waals surface area contributed by atoms with Crippen molar-refractivity contribution in [3.63, 3.8) is 0 Å². The van der Waals surface area contributed by atoms with E-state index in [0.29, 0.717) is 17.2 Å². The van der Waals surface area contributed by atoms with E-state index in [1.54, 1.807) is 55.6 Å². The third-order valence-electron chi connectivity index (χ3n) is 4.15. The number of hydrogen-bond donors (Lipinski definition) is 1. The highest BCUT2D eigenvalue weighted by Crippen LogP contribution is 2.20. The van der Waals surface area contributed by atoms with Gasteiger partial charge in [-0.15, -0.1) is 0 Å². The molecule has 6 nitrogen and oxygen atoms in total. The van der Waals surface area contributed by atoms with Gasteiger partial charge >= 0.3 is 6.09 Å². The fraction of sp³-hybridized carbons (Fsp3) is 0.130. The van der Waals surface area contributed by atoms with Crippen molar-refractivity contribution in [1.82, 2.24) is 0 Å². The van der Waals surface area contributed by atoms with Gasteiger partial charge in [0.25, 0.3) is 5.91 Å². The molecule has 3 aromatic carbocycles. The number of amides is 2. The first-order valence-corrected chi connectivity index (χ1v) is 9.11. The highest BCUT2D eigenvalue weighted by molar-refractivity contribution is 5.92. The summed E-state index contributed by atoms with van der Waals surface area (Å²) in [5.41, 5.74) is 2.48. The van der Waals surface area contributed by atoms with Gasteiger partial charge in [0.05, 0.1) is 0 Å². The van der Waals surface area contributed by atoms with Gasteiger partial charge in [-0.3, -0.25) is 9.69 Å². The van der Waals surface area contributed by atoms with Crippen LogP contribution in [0, 0.1) is 6.92 Å². The van der Waals surface area contributed by atoms with E-state index in [0.717, 1.165) is 11.3 Å². The van der Waals surface area contributed by atoms with Crippen LogP contribution in [0.25, 0.3) is 0 Å². The lowest BCUT2D eigenvalue weighted by Crippen LogP contribution is -2.29. The molecule has 0 fully saturated rings. The molecule has 1 N–H and O–H groups in total. The molecule has 0 aliphatic carbocycles. The predicted octanol–water partition coefficient (Wildman–Crippen LogP) is 4.65. The second-order valence-corrected chi connectivity index (χ2v) is 6.44. The molecular weight excluding hydrogens is 368 g/mol. The Morgan fingerprint density at radius 3 is 2.17 bits per heavy atom. The van der Waals surface area contributed by atoms with E-state index in [4.69, 9.17) is 9.47 Å². The Kier molecular flexibility index (Phi) is 6.47. The number of hydrogen-bond acceptors (Lipinski definition) is 4. The largest absolute Gasteiger partial charge is 0.484 e. The molecule has 0 saturated heterocycles. The molecule has 0 aliphatic rings. The number of para-hydroxylation sites is 1. The van der Waals surface area contributed by atoms with E-state index in [-0.39, 0.29) is 12.5 Å². The first-order chi connectivity index (χ1) is 14.0. The first-order valence-electron chi connectivity index (χ1n) is 9.11. The first kappa shape index (κ1) is 19.9. The number of ether oxygens (including phenoxy) is 2. The van der Waals surface area contributed by atoms with Crippen LogP contribution in [-0.2, 0) is 4.79 Å². The summed E-state index contributed by atoms with van der Waals surface area (Å²) < 4.78 is 10.8. The van der Waals surface area contributed by atoms with Crippen LogP contribution in [0.4, 0.5) is 16.2 Å². The summed E-state index contributed by atoms with van der Waals surface area (Å²) in [6, 6.07) is 23.2. The van der Waals surface area contributed by atoms with Crippen molar-refractivity contribution >= 4 is 23.4 Å². The van der Waals surface area contributed by atoms with Crippen molar-refractivity contribution < 1.29 is 19.1 Å². The average Bonchev–Trinajstić information content (AvgIpc) is 2.74. The Labute approximate surface area is 169 Å². The van der Waals surface area contributed by atoms with Crippen molar-refractivity contribution in [1.29, 1.82) is 0 Å². The molecule has 0 spiro atoms. The standard InChI is InChI=1S/C23H22N2O4/c1-17-8-10-18(11-9-17)24-22(26)16-28-20-14-12-19(13-15-20)25(2)23(27)29-21-6-4-3-5-7-21/h3-15H,16H2,1-2H3,(H,24,26). The van der Waals surface area contributed by atoms with Gasteiger partial charge in [-0.05, 0) is 55.5 Å². The number of carbonyl (C=O) groups is 2. The fourth-order valence-electron chi connectivity index (χ4n) is 2.51. The summed E-state index contributed by atoms with van der Waals surface area (Å²) in [6.45, 7) is 1.87. The Bertz CT molecular complexity index is 954. The molecule has 29 heavy (non-hydrogen) atoms. The number of benzene rings is 3. The Morgan fingerprint density at radius 2 is 1.52 bits per heavy atom. The summed E-state index contributed by atoms with van der Waals surface area (Å²) in [6.07, 6.45) is -0.498. The maximum absolute atomic E-state index is 12.2. The molecular formula is C23H22N2O4. The normalized spacial score (nSPS) is 10.1. The van der Waals surface area contributed by atoms with Gasteiger partial charge < -0.3 is 14.8 Å². The van der Waals surface area contributed by atoms with Crippen LogP contribution in [0.3, 0.4) is 0 Å². The molecule has 0 atom stereocenters. The van der Waals surface area contributed by atoms with Crippen LogP contribution in [-0.4, -0.2) is 25.7 Å². The molecule has 0 heterocycles. The molecule has 0 aliphatic heterocycles. The smallest absolute Gasteiger partial charge is 0.419 e. The summed E-state index contributed by atoms with van der Waals surface area (Å²) >= 11 is 0. The van der Waals surface area contributed by atoms with Crippen molar-refractivity contribution in [3.8, 4) is 11.5 Å².